The van der Waals surface area contributed by atoms with Gasteiger partial charge in [-0.2, -0.15) is 0 Å². The van der Waals surface area contributed by atoms with Crippen molar-refractivity contribution in [2.45, 2.75) is 44.2 Å². The lowest BCUT2D eigenvalue weighted by Crippen LogP contribution is -2.25. The predicted molar refractivity (Wildman–Crippen MR) is 65.7 cm³/mol. The number of pyridine rings is 1. The van der Waals surface area contributed by atoms with Crippen molar-refractivity contribution in [1.82, 2.24) is 4.98 Å². The monoisotopic (exact) mass is 236 g/mol. The SMILES string of the molecule is CCCOc1cncc(C2(O)CCC(N)C2)c1. The molecule has 1 aromatic heterocycles. The molecule has 0 saturated heterocycles. The smallest absolute Gasteiger partial charge is 0.137 e. The van der Waals surface area contributed by atoms with Crippen LogP contribution in [0.5, 0.6) is 5.75 Å². The zero-order valence-electron chi connectivity index (χ0n) is 10.2. The maximum absolute atomic E-state index is 10.5. The van der Waals surface area contributed by atoms with Gasteiger partial charge in [-0.05, 0) is 31.7 Å². The van der Waals surface area contributed by atoms with E-state index in [2.05, 4.69) is 11.9 Å². The van der Waals surface area contributed by atoms with Crippen LogP contribution in [0.1, 0.15) is 38.2 Å². The Morgan fingerprint density at radius 3 is 3.06 bits per heavy atom. The van der Waals surface area contributed by atoms with Gasteiger partial charge in [-0.1, -0.05) is 6.92 Å². The number of hydrogen-bond donors (Lipinski definition) is 2. The van der Waals surface area contributed by atoms with Crippen LogP contribution in [-0.4, -0.2) is 22.7 Å². The van der Waals surface area contributed by atoms with Gasteiger partial charge in [-0.3, -0.25) is 4.98 Å². The van der Waals surface area contributed by atoms with Crippen LogP contribution in [0.4, 0.5) is 0 Å². The molecule has 0 spiro atoms. The van der Waals surface area contributed by atoms with E-state index < -0.39 is 5.60 Å². The van der Waals surface area contributed by atoms with E-state index in [0.29, 0.717) is 19.4 Å². The van der Waals surface area contributed by atoms with E-state index in [-0.39, 0.29) is 6.04 Å². The van der Waals surface area contributed by atoms with Gasteiger partial charge in [0, 0.05) is 17.8 Å². The second kappa shape index (κ2) is 5.02. The van der Waals surface area contributed by atoms with Crippen LogP contribution in [0.15, 0.2) is 18.5 Å². The Hall–Kier alpha value is -1.13. The highest BCUT2D eigenvalue weighted by molar-refractivity contribution is 5.29. The van der Waals surface area contributed by atoms with Gasteiger partial charge >= 0.3 is 0 Å². The molecule has 17 heavy (non-hydrogen) atoms. The highest BCUT2D eigenvalue weighted by atomic mass is 16.5. The van der Waals surface area contributed by atoms with Crippen molar-refractivity contribution < 1.29 is 9.84 Å². The first-order valence-electron chi connectivity index (χ1n) is 6.20. The first kappa shape index (κ1) is 12.3. The maximum atomic E-state index is 10.5. The van der Waals surface area contributed by atoms with E-state index in [1.165, 1.54) is 0 Å². The fourth-order valence-corrected chi connectivity index (χ4v) is 2.30. The summed E-state index contributed by atoms with van der Waals surface area (Å²) < 4.78 is 5.52. The van der Waals surface area contributed by atoms with Crippen molar-refractivity contribution in [3.63, 3.8) is 0 Å². The third kappa shape index (κ3) is 2.76. The highest BCUT2D eigenvalue weighted by Crippen LogP contribution is 2.38. The van der Waals surface area contributed by atoms with Crippen LogP contribution < -0.4 is 10.5 Å². The van der Waals surface area contributed by atoms with E-state index in [1.807, 2.05) is 6.07 Å². The predicted octanol–water partition coefficient (Wildman–Crippen LogP) is 1.57. The van der Waals surface area contributed by atoms with Crippen molar-refractivity contribution in [3.05, 3.63) is 24.0 Å². The fourth-order valence-electron chi connectivity index (χ4n) is 2.30. The summed E-state index contributed by atoms with van der Waals surface area (Å²) in [5, 5.41) is 10.5. The van der Waals surface area contributed by atoms with Crippen molar-refractivity contribution in [3.8, 4) is 5.75 Å². The van der Waals surface area contributed by atoms with Gasteiger partial charge in [-0.15, -0.1) is 0 Å². The van der Waals surface area contributed by atoms with Gasteiger partial charge in [0.2, 0.25) is 0 Å². The molecule has 0 radical (unpaired) electrons. The number of hydrogen-bond acceptors (Lipinski definition) is 4. The highest BCUT2D eigenvalue weighted by Gasteiger charge is 2.37. The van der Waals surface area contributed by atoms with Crippen molar-refractivity contribution >= 4 is 0 Å². The molecular formula is C13H20N2O2. The molecule has 1 fully saturated rings. The molecule has 94 valence electrons. The Morgan fingerprint density at radius 2 is 2.41 bits per heavy atom. The molecule has 2 rings (SSSR count). The van der Waals surface area contributed by atoms with E-state index in [1.54, 1.807) is 12.4 Å². The second-order valence-corrected chi connectivity index (χ2v) is 4.79. The van der Waals surface area contributed by atoms with Crippen LogP contribution in [0, 0.1) is 0 Å². The molecule has 4 heteroatoms. The lowest BCUT2D eigenvalue weighted by molar-refractivity contribution is 0.0424. The number of rotatable bonds is 4. The second-order valence-electron chi connectivity index (χ2n) is 4.79. The lowest BCUT2D eigenvalue weighted by atomic mass is 9.93. The Morgan fingerprint density at radius 1 is 1.59 bits per heavy atom. The first-order chi connectivity index (χ1) is 8.14. The van der Waals surface area contributed by atoms with Gasteiger partial charge in [0.05, 0.1) is 18.4 Å². The Labute approximate surface area is 102 Å². The minimum absolute atomic E-state index is 0.0835. The van der Waals surface area contributed by atoms with Crippen LogP contribution >= 0.6 is 0 Å². The number of ether oxygens (including phenoxy) is 1. The van der Waals surface area contributed by atoms with Crippen molar-refractivity contribution in [2.24, 2.45) is 5.73 Å². The molecule has 1 aliphatic rings. The zero-order valence-corrected chi connectivity index (χ0v) is 10.2. The van der Waals surface area contributed by atoms with Gasteiger partial charge in [-0.25, -0.2) is 0 Å². The van der Waals surface area contributed by atoms with E-state index in [4.69, 9.17) is 10.5 Å². The summed E-state index contributed by atoms with van der Waals surface area (Å²) in [7, 11) is 0. The molecule has 0 aromatic carbocycles. The van der Waals surface area contributed by atoms with E-state index in [9.17, 15) is 5.11 Å². The minimum Gasteiger partial charge on any atom is -0.492 e. The normalized spacial score (nSPS) is 28.3. The molecule has 1 aliphatic carbocycles. The molecule has 4 nitrogen and oxygen atoms in total. The minimum atomic E-state index is -0.821. The summed E-state index contributed by atoms with van der Waals surface area (Å²) in [6.45, 7) is 2.73. The molecular weight excluding hydrogens is 216 g/mol. The molecule has 2 atom stereocenters. The number of nitrogens with zero attached hydrogens (tertiary/aromatic N) is 1. The fraction of sp³-hybridized carbons (Fsp3) is 0.615. The number of aliphatic hydroxyl groups is 1. The number of nitrogens with two attached hydrogens (primary N) is 1. The maximum Gasteiger partial charge on any atom is 0.137 e. The van der Waals surface area contributed by atoms with Crippen molar-refractivity contribution in [1.29, 1.82) is 0 Å². The topological polar surface area (TPSA) is 68.4 Å². The molecule has 0 aliphatic heterocycles. The lowest BCUT2D eigenvalue weighted by Gasteiger charge is -2.23. The summed E-state index contributed by atoms with van der Waals surface area (Å²) in [6.07, 6.45) is 6.50. The molecule has 2 unspecified atom stereocenters. The van der Waals surface area contributed by atoms with Crippen LogP contribution in [0.25, 0.3) is 0 Å². The van der Waals surface area contributed by atoms with Gasteiger partial charge in [0.15, 0.2) is 0 Å². The van der Waals surface area contributed by atoms with E-state index >= 15 is 0 Å². The Balaban J connectivity index is 2.15. The summed E-state index contributed by atoms with van der Waals surface area (Å²) >= 11 is 0. The quantitative estimate of drug-likeness (QED) is 0.832. The van der Waals surface area contributed by atoms with Gasteiger partial charge in [0.1, 0.15) is 5.75 Å². The van der Waals surface area contributed by atoms with Crippen molar-refractivity contribution in [2.75, 3.05) is 6.61 Å². The average Bonchev–Trinajstić information content (AvgIpc) is 2.68. The molecule has 0 amide bonds. The van der Waals surface area contributed by atoms with Gasteiger partial charge < -0.3 is 15.6 Å². The van der Waals surface area contributed by atoms with Crippen LogP contribution in [0.3, 0.4) is 0 Å². The summed E-state index contributed by atoms with van der Waals surface area (Å²) in [5.74, 6) is 0.721. The number of aromatic nitrogens is 1. The Kier molecular flexibility index (Phi) is 3.64. The Bertz CT molecular complexity index is 383. The first-order valence-corrected chi connectivity index (χ1v) is 6.20. The summed E-state index contributed by atoms with van der Waals surface area (Å²) in [5.41, 5.74) is 5.85. The average molecular weight is 236 g/mol. The third-order valence-corrected chi connectivity index (χ3v) is 3.25. The zero-order chi connectivity index (χ0) is 12.3. The molecule has 0 bridgehead atoms. The molecule has 1 aromatic rings. The van der Waals surface area contributed by atoms with Crippen LogP contribution in [0.2, 0.25) is 0 Å². The summed E-state index contributed by atoms with van der Waals surface area (Å²) in [4.78, 5) is 4.13. The van der Waals surface area contributed by atoms with Gasteiger partial charge in [0.25, 0.3) is 0 Å². The molecule has 1 saturated carbocycles. The molecule has 3 N–H and O–H groups in total. The largest absolute Gasteiger partial charge is 0.492 e. The van der Waals surface area contributed by atoms with Crippen LogP contribution in [-0.2, 0) is 5.60 Å². The third-order valence-electron chi connectivity index (χ3n) is 3.25. The standard InChI is InChI=1S/C13H20N2O2/c1-2-5-17-12-6-10(8-15-9-12)13(16)4-3-11(14)7-13/h6,8-9,11,16H,2-5,7,14H2,1H3. The molecule has 1 heterocycles. The van der Waals surface area contributed by atoms with E-state index in [0.717, 1.165) is 24.2 Å². The summed E-state index contributed by atoms with van der Waals surface area (Å²) in [6, 6.07) is 1.96.